The summed E-state index contributed by atoms with van der Waals surface area (Å²) in [5.41, 5.74) is 7.45. The molecular formula is C30H18BNOS. The Morgan fingerprint density at radius 2 is 1.38 bits per heavy atom. The van der Waals surface area contributed by atoms with Gasteiger partial charge in [0.2, 0.25) is 0 Å². The smallest absolute Gasteiger partial charge is 0.256 e. The van der Waals surface area contributed by atoms with Crippen molar-refractivity contribution >= 4 is 71.7 Å². The first kappa shape index (κ1) is 18.4. The molecule has 0 saturated carbocycles. The van der Waals surface area contributed by atoms with Crippen molar-refractivity contribution < 1.29 is 4.74 Å². The minimum absolute atomic E-state index is 0.133. The lowest BCUT2D eigenvalue weighted by Crippen LogP contribution is -2.59. The minimum Gasteiger partial charge on any atom is -0.458 e. The molecule has 0 bridgehead atoms. The number of fused-ring (bicyclic) bond motifs is 8. The van der Waals surface area contributed by atoms with Gasteiger partial charge in [0.1, 0.15) is 11.5 Å². The van der Waals surface area contributed by atoms with E-state index in [-0.39, 0.29) is 6.71 Å². The second-order valence-corrected chi connectivity index (χ2v) is 9.99. The third kappa shape index (κ3) is 2.36. The monoisotopic (exact) mass is 451 g/mol. The van der Waals surface area contributed by atoms with Crippen molar-refractivity contribution in [2.24, 2.45) is 0 Å². The zero-order valence-corrected chi connectivity index (χ0v) is 19.0. The van der Waals surface area contributed by atoms with E-state index in [9.17, 15) is 0 Å². The number of benzene rings is 5. The van der Waals surface area contributed by atoms with Gasteiger partial charge in [-0.1, -0.05) is 72.8 Å². The van der Waals surface area contributed by atoms with Crippen LogP contribution in [0.1, 0.15) is 0 Å². The van der Waals surface area contributed by atoms with Gasteiger partial charge in [-0.05, 0) is 52.8 Å². The maximum absolute atomic E-state index is 6.61. The summed E-state index contributed by atoms with van der Waals surface area (Å²) in [4.78, 5) is 2.45. The van der Waals surface area contributed by atoms with Gasteiger partial charge in [0, 0.05) is 31.5 Å². The fourth-order valence-electron chi connectivity index (χ4n) is 5.76. The number of ether oxygens (including phenoxy) is 1. The fraction of sp³-hybridized carbons (Fsp3) is 0. The van der Waals surface area contributed by atoms with E-state index in [1.54, 1.807) is 0 Å². The molecule has 0 radical (unpaired) electrons. The van der Waals surface area contributed by atoms with Crippen molar-refractivity contribution in [3.05, 3.63) is 109 Å². The molecule has 6 aromatic rings. The maximum Gasteiger partial charge on any atom is 0.256 e. The molecule has 3 heterocycles. The second-order valence-electron chi connectivity index (χ2n) is 8.91. The summed E-state index contributed by atoms with van der Waals surface area (Å²) in [5.74, 6) is 1.92. The van der Waals surface area contributed by atoms with Gasteiger partial charge in [-0.2, -0.15) is 0 Å². The number of rotatable bonds is 1. The van der Waals surface area contributed by atoms with Gasteiger partial charge in [-0.15, -0.1) is 11.3 Å². The predicted octanol–water partition coefficient (Wildman–Crippen LogP) is 6.46. The van der Waals surface area contributed by atoms with Crippen LogP contribution in [0.3, 0.4) is 0 Å². The largest absolute Gasteiger partial charge is 0.458 e. The molecular weight excluding hydrogens is 433 g/mol. The molecule has 8 rings (SSSR count). The van der Waals surface area contributed by atoms with Crippen LogP contribution in [0.2, 0.25) is 0 Å². The van der Waals surface area contributed by atoms with Crippen molar-refractivity contribution in [3.8, 4) is 11.5 Å². The van der Waals surface area contributed by atoms with Crippen LogP contribution in [-0.4, -0.2) is 6.71 Å². The molecule has 5 aromatic carbocycles. The Morgan fingerprint density at radius 1 is 0.647 bits per heavy atom. The van der Waals surface area contributed by atoms with Crippen molar-refractivity contribution in [2.45, 2.75) is 0 Å². The molecule has 0 saturated heterocycles. The molecule has 1 aromatic heterocycles. The Labute approximate surface area is 201 Å². The highest BCUT2D eigenvalue weighted by atomic mass is 32.1. The molecule has 0 N–H and O–H groups in total. The number of hydrogen-bond acceptors (Lipinski definition) is 3. The maximum atomic E-state index is 6.61. The molecule has 2 nitrogen and oxygen atoms in total. The average Bonchev–Trinajstić information content (AvgIpc) is 3.27. The van der Waals surface area contributed by atoms with E-state index in [1.165, 1.54) is 47.9 Å². The lowest BCUT2D eigenvalue weighted by Gasteiger charge is -2.40. The lowest BCUT2D eigenvalue weighted by molar-refractivity contribution is 0.488. The summed E-state index contributed by atoms with van der Waals surface area (Å²) < 4.78 is 9.17. The quantitative estimate of drug-likeness (QED) is 0.266. The number of nitrogens with zero attached hydrogens (tertiary/aromatic N) is 1. The van der Waals surface area contributed by atoms with Gasteiger partial charge >= 0.3 is 0 Å². The zero-order valence-electron chi connectivity index (χ0n) is 18.2. The summed E-state index contributed by atoms with van der Waals surface area (Å²) in [5, 5.41) is 2.61. The summed E-state index contributed by atoms with van der Waals surface area (Å²) in [6.45, 7) is 0.133. The van der Waals surface area contributed by atoms with Crippen molar-refractivity contribution in [1.29, 1.82) is 0 Å². The van der Waals surface area contributed by atoms with Gasteiger partial charge in [0.05, 0.1) is 5.69 Å². The van der Waals surface area contributed by atoms with Crippen LogP contribution in [0, 0.1) is 0 Å². The number of para-hydroxylation sites is 3. The van der Waals surface area contributed by atoms with Gasteiger partial charge in [0.15, 0.2) is 0 Å². The Kier molecular flexibility index (Phi) is 3.66. The SMILES string of the molecule is c1ccc(N2c3ccccc3B3c4ccccc4Oc4cc5sc6ccccc6c5c2c43)cc1. The molecule has 0 fully saturated rings. The third-order valence-electron chi connectivity index (χ3n) is 7.11. The second kappa shape index (κ2) is 6.75. The van der Waals surface area contributed by atoms with Crippen LogP contribution in [-0.2, 0) is 0 Å². The molecule has 0 spiro atoms. The molecule has 0 unspecified atom stereocenters. The Balaban J connectivity index is 1.59. The number of thiophene rings is 1. The summed E-state index contributed by atoms with van der Waals surface area (Å²) in [6.07, 6.45) is 0. The fourth-order valence-corrected chi connectivity index (χ4v) is 6.90. The van der Waals surface area contributed by atoms with Crippen LogP contribution in [0.4, 0.5) is 17.1 Å². The Hall–Kier alpha value is -4.02. The van der Waals surface area contributed by atoms with E-state index < -0.39 is 0 Å². The van der Waals surface area contributed by atoms with E-state index in [0.717, 1.165) is 17.2 Å². The molecule has 34 heavy (non-hydrogen) atoms. The van der Waals surface area contributed by atoms with Crippen LogP contribution in [0.5, 0.6) is 11.5 Å². The highest BCUT2D eigenvalue weighted by Gasteiger charge is 2.42. The van der Waals surface area contributed by atoms with Gasteiger partial charge in [0.25, 0.3) is 6.71 Å². The predicted molar refractivity (Wildman–Crippen MR) is 145 cm³/mol. The number of anilines is 3. The van der Waals surface area contributed by atoms with E-state index in [1.807, 2.05) is 11.3 Å². The normalized spacial score (nSPS) is 13.4. The van der Waals surface area contributed by atoms with Crippen molar-refractivity contribution in [2.75, 3.05) is 4.90 Å². The van der Waals surface area contributed by atoms with E-state index in [0.29, 0.717) is 0 Å². The molecule has 158 valence electrons. The first-order valence-electron chi connectivity index (χ1n) is 11.6. The molecule has 0 amide bonds. The van der Waals surface area contributed by atoms with Gasteiger partial charge in [-0.3, -0.25) is 0 Å². The topological polar surface area (TPSA) is 12.5 Å². The van der Waals surface area contributed by atoms with Gasteiger partial charge in [-0.25, -0.2) is 0 Å². The average molecular weight is 451 g/mol. The number of hydrogen-bond donors (Lipinski definition) is 0. The first-order valence-corrected chi connectivity index (χ1v) is 12.4. The van der Waals surface area contributed by atoms with Crippen LogP contribution in [0.15, 0.2) is 109 Å². The summed E-state index contributed by atoms with van der Waals surface area (Å²) in [6, 6.07) is 39.1. The van der Waals surface area contributed by atoms with Crippen molar-refractivity contribution in [1.82, 2.24) is 0 Å². The summed E-state index contributed by atoms with van der Waals surface area (Å²) >= 11 is 1.84. The standard InChI is InChI=1S/C30H18BNOS/c1-2-10-19(11-3-1)32-23-15-7-5-13-21(23)31-22-14-6-8-16-24(22)33-25-18-27-28(30(32)29(25)31)20-12-4-9-17-26(20)34-27/h1-18H. The zero-order chi connectivity index (χ0) is 22.2. The minimum atomic E-state index is 0.133. The molecule has 2 aliphatic heterocycles. The molecule has 2 aliphatic rings. The van der Waals surface area contributed by atoms with E-state index in [2.05, 4.69) is 114 Å². The molecule has 0 aliphatic carbocycles. The first-order chi connectivity index (χ1) is 16.9. The molecule has 4 heteroatoms. The van der Waals surface area contributed by atoms with Crippen LogP contribution >= 0.6 is 11.3 Å². The highest BCUT2D eigenvalue weighted by molar-refractivity contribution is 7.26. The van der Waals surface area contributed by atoms with E-state index in [4.69, 9.17) is 4.74 Å². The lowest BCUT2D eigenvalue weighted by atomic mass is 9.34. The molecule has 0 atom stereocenters. The van der Waals surface area contributed by atoms with Gasteiger partial charge < -0.3 is 9.64 Å². The van der Waals surface area contributed by atoms with E-state index >= 15 is 0 Å². The Morgan fingerprint density at radius 3 is 2.29 bits per heavy atom. The van der Waals surface area contributed by atoms with Crippen LogP contribution in [0.25, 0.3) is 20.2 Å². The highest BCUT2D eigenvalue weighted by Crippen LogP contribution is 2.48. The summed E-state index contributed by atoms with van der Waals surface area (Å²) in [7, 11) is 0. The van der Waals surface area contributed by atoms with Crippen molar-refractivity contribution in [3.63, 3.8) is 0 Å². The van der Waals surface area contributed by atoms with Crippen LogP contribution < -0.4 is 26.0 Å². The third-order valence-corrected chi connectivity index (χ3v) is 8.23. The Bertz CT molecular complexity index is 1760.